The van der Waals surface area contributed by atoms with E-state index >= 15 is 0 Å². The van der Waals surface area contributed by atoms with Gasteiger partial charge in [-0.05, 0) is 34.9 Å². The molecule has 5 nitrogen and oxygen atoms in total. The van der Waals surface area contributed by atoms with Gasteiger partial charge in [-0.1, -0.05) is 61.5 Å². The van der Waals surface area contributed by atoms with Gasteiger partial charge in [0.1, 0.15) is 0 Å². The van der Waals surface area contributed by atoms with Gasteiger partial charge in [-0.3, -0.25) is 9.89 Å². The third kappa shape index (κ3) is 3.69. The molecule has 0 bridgehead atoms. The van der Waals surface area contributed by atoms with Gasteiger partial charge in [-0.15, -0.1) is 0 Å². The van der Waals surface area contributed by atoms with Crippen LogP contribution in [0.5, 0.6) is 0 Å². The van der Waals surface area contributed by atoms with Gasteiger partial charge in [-0.25, -0.2) is 5.43 Å². The Labute approximate surface area is 163 Å². The first-order chi connectivity index (χ1) is 13.7. The third-order valence-electron chi connectivity index (χ3n) is 4.70. The molecule has 0 aliphatic carbocycles. The number of hydrogen-bond acceptors (Lipinski definition) is 3. The molecule has 0 aliphatic rings. The molecule has 0 radical (unpaired) electrons. The van der Waals surface area contributed by atoms with E-state index in [1.807, 2.05) is 36.4 Å². The summed E-state index contributed by atoms with van der Waals surface area (Å²) in [5.41, 5.74) is 7.13. The van der Waals surface area contributed by atoms with Crippen LogP contribution in [-0.4, -0.2) is 22.3 Å². The molecule has 5 heteroatoms. The van der Waals surface area contributed by atoms with Crippen molar-refractivity contribution in [3.63, 3.8) is 0 Å². The Morgan fingerprint density at radius 2 is 1.86 bits per heavy atom. The quantitative estimate of drug-likeness (QED) is 0.401. The maximum absolute atomic E-state index is 12.4. The van der Waals surface area contributed by atoms with Gasteiger partial charge in [0, 0.05) is 16.7 Å². The first-order valence-corrected chi connectivity index (χ1v) is 9.19. The van der Waals surface area contributed by atoms with Crippen molar-refractivity contribution in [2.45, 2.75) is 13.3 Å². The van der Waals surface area contributed by atoms with E-state index in [0.717, 1.165) is 34.0 Å². The first kappa shape index (κ1) is 17.7. The number of hydrogen-bond donors (Lipinski definition) is 2. The van der Waals surface area contributed by atoms with Crippen molar-refractivity contribution < 1.29 is 4.79 Å². The molecule has 0 spiro atoms. The Morgan fingerprint density at radius 3 is 2.64 bits per heavy atom. The fourth-order valence-corrected chi connectivity index (χ4v) is 3.09. The minimum absolute atomic E-state index is 0.251. The summed E-state index contributed by atoms with van der Waals surface area (Å²) in [5, 5.41) is 13.3. The third-order valence-corrected chi connectivity index (χ3v) is 4.70. The number of nitrogens with one attached hydrogen (secondary N) is 2. The van der Waals surface area contributed by atoms with E-state index in [-0.39, 0.29) is 5.91 Å². The maximum atomic E-state index is 12.4. The number of carbonyl (C=O) groups is 1. The summed E-state index contributed by atoms with van der Waals surface area (Å²) in [5.74, 6) is -0.251. The zero-order chi connectivity index (χ0) is 19.3. The maximum Gasteiger partial charge on any atom is 0.271 e. The summed E-state index contributed by atoms with van der Waals surface area (Å²) in [4.78, 5) is 12.4. The lowest BCUT2D eigenvalue weighted by Crippen LogP contribution is -2.17. The van der Waals surface area contributed by atoms with Crippen LogP contribution >= 0.6 is 0 Å². The van der Waals surface area contributed by atoms with Gasteiger partial charge in [0.15, 0.2) is 0 Å². The predicted octanol–water partition coefficient (Wildman–Crippen LogP) is 4.56. The van der Waals surface area contributed by atoms with Crippen LogP contribution < -0.4 is 5.43 Å². The fourth-order valence-electron chi connectivity index (χ4n) is 3.09. The van der Waals surface area contributed by atoms with E-state index in [2.05, 4.69) is 51.9 Å². The van der Waals surface area contributed by atoms with Crippen molar-refractivity contribution in [3.05, 3.63) is 89.6 Å². The molecule has 0 fully saturated rings. The van der Waals surface area contributed by atoms with Crippen molar-refractivity contribution in [1.29, 1.82) is 0 Å². The second kappa shape index (κ2) is 7.88. The number of hydrazone groups is 1. The van der Waals surface area contributed by atoms with Gasteiger partial charge in [-0.2, -0.15) is 10.2 Å². The van der Waals surface area contributed by atoms with Crippen LogP contribution in [0, 0.1) is 0 Å². The monoisotopic (exact) mass is 368 g/mol. The summed E-state index contributed by atoms with van der Waals surface area (Å²) >= 11 is 0. The van der Waals surface area contributed by atoms with Crippen molar-refractivity contribution in [2.24, 2.45) is 5.10 Å². The highest BCUT2D eigenvalue weighted by atomic mass is 16.2. The predicted molar refractivity (Wildman–Crippen MR) is 112 cm³/mol. The number of aromatic nitrogens is 2. The molecule has 28 heavy (non-hydrogen) atoms. The molecule has 138 valence electrons. The van der Waals surface area contributed by atoms with Gasteiger partial charge < -0.3 is 0 Å². The highest BCUT2D eigenvalue weighted by Gasteiger charge is 2.07. The summed E-state index contributed by atoms with van der Waals surface area (Å²) < 4.78 is 0. The Bertz CT molecular complexity index is 1140. The van der Waals surface area contributed by atoms with E-state index in [1.54, 1.807) is 18.5 Å². The Morgan fingerprint density at radius 1 is 1.07 bits per heavy atom. The second-order valence-corrected chi connectivity index (χ2v) is 6.51. The highest BCUT2D eigenvalue weighted by molar-refractivity contribution is 5.99. The van der Waals surface area contributed by atoms with Crippen LogP contribution in [0.4, 0.5) is 0 Å². The molecular formula is C23H20N4O. The number of H-pyrrole nitrogens is 1. The highest BCUT2D eigenvalue weighted by Crippen LogP contribution is 2.20. The number of nitrogens with zero attached hydrogens (tertiary/aromatic N) is 2. The lowest BCUT2D eigenvalue weighted by molar-refractivity contribution is 0.0955. The lowest BCUT2D eigenvalue weighted by atomic mass is 10.1. The molecule has 0 aliphatic heterocycles. The minimum Gasteiger partial charge on any atom is -0.277 e. The zero-order valence-electron chi connectivity index (χ0n) is 15.5. The molecule has 1 heterocycles. The van der Waals surface area contributed by atoms with Crippen LogP contribution in [0.1, 0.15) is 28.4 Å². The standard InChI is InChI=1S/C23H20N4O/c1-2-16-7-9-18(10-8-16)22-21(14-24-26-22)15-25-27-23(28)20-12-11-17-5-3-4-6-19(17)13-20/h3-15H,2H2,1H3,(H,24,26)(H,27,28)/b25-15+. The number of amides is 1. The van der Waals surface area contributed by atoms with Gasteiger partial charge >= 0.3 is 0 Å². The molecule has 0 unspecified atom stereocenters. The molecule has 0 saturated heterocycles. The summed E-state index contributed by atoms with van der Waals surface area (Å²) in [6, 6.07) is 21.8. The molecule has 4 rings (SSSR count). The molecule has 3 aromatic carbocycles. The largest absolute Gasteiger partial charge is 0.277 e. The smallest absolute Gasteiger partial charge is 0.271 e. The topological polar surface area (TPSA) is 70.1 Å². The normalized spacial score (nSPS) is 11.2. The average Bonchev–Trinajstić information content (AvgIpc) is 3.22. The van der Waals surface area contributed by atoms with Gasteiger partial charge in [0.2, 0.25) is 0 Å². The average molecular weight is 368 g/mol. The molecule has 2 N–H and O–H groups in total. The van der Waals surface area contributed by atoms with Crippen LogP contribution in [-0.2, 0) is 6.42 Å². The van der Waals surface area contributed by atoms with E-state index in [9.17, 15) is 4.79 Å². The summed E-state index contributed by atoms with van der Waals surface area (Å²) in [6.45, 7) is 2.13. The van der Waals surface area contributed by atoms with Crippen molar-refractivity contribution in [1.82, 2.24) is 15.6 Å². The van der Waals surface area contributed by atoms with Crippen LogP contribution in [0.2, 0.25) is 0 Å². The number of benzene rings is 3. The molecule has 1 amide bonds. The Hall–Kier alpha value is -3.73. The van der Waals surface area contributed by atoms with Crippen LogP contribution in [0.3, 0.4) is 0 Å². The molecule has 4 aromatic rings. The van der Waals surface area contributed by atoms with E-state index in [0.29, 0.717) is 5.56 Å². The van der Waals surface area contributed by atoms with Crippen LogP contribution in [0.25, 0.3) is 22.0 Å². The fraction of sp³-hybridized carbons (Fsp3) is 0.0870. The number of carbonyl (C=O) groups excluding carboxylic acids is 1. The van der Waals surface area contributed by atoms with Crippen LogP contribution in [0.15, 0.2) is 78.0 Å². The number of rotatable bonds is 5. The lowest BCUT2D eigenvalue weighted by Gasteiger charge is -2.03. The van der Waals surface area contributed by atoms with Gasteiger partial charge in [0.05, 0.1) is 18.1 Å². The second-order valence-electron chi connectivity index (χ2n) is 6.51. The first-order valence-electron chi connectivity index (χ1n) is 9.19. The summed E-state index contributed by atoms with van der Waals surface area (Å²) in [6.07, 6.45) is 4.29. The van der Waals surface area contributed by atoms with Crippen molar-refractivity contribution >= 4 is 22.9 Å². The molecule has 0 saturated carbocycles. The molecular weight excluding hydrogens is 348 g/mol. The number of fused-ring (bicyclic) bond motifs is 1. The number of aryl methyl sites for hydroxylation is 1. The van der Waals surface area contributed by atoms with Gasteiger partial charge in [0.25, 0.3) is 5.91 Å². The zero-order valence-corrected chi connectivity index (χ0v) is 15.5. The van der Waals surface area contributed by atoms with E-state index in [4.69, 9.17) is 0 Å². The van der Waals surface area contributed by atoms with E-state index in [1.165, 1.54) is 5.56 Å². The molecule has 0 atom stereocenters. The number of aromatic amines is 1. The minimum atomic E-state index is -0.251. The summed E-state index contributed by atoms with van der Waals surface area (Å²) in [7, 11) is 0. The Balaban J connectivity index is 1.48. The SMILES string of the molecule is CCc1ccc(-c2[nH]ncc2/C=N/NC(=O)c2ccc3ccccc3c2)cc1. The van der Waals surface area contributed by atoms with Crippen molar-refractivity contribution in [3.8, 4) is 11.3 Å². The Kier molecular flexibility index (Phi) is 4.97. The van der Waals surface area contributed by atoms with E-state index < -0.39 is 0 Å². The molecule has 1 aromatic heterocycles. The van der Waals surface area contributed by atoms with Crippen molar-refractivity contribution in [2.75, 3.05) is 0 Å².